The highest BCUT2D eigenvalue weighted by atomic mass is 19.4. The number of piperidine rings is 1. The highest BCUT2D eigenvalue weighted by Crippen LogP contribution is 2.34. The Hall–Kier alpha value is -3.89. The van der Waals surface area contributed by atoms with Crippen molar-refractivity contribution >= 4 is 29.8 Å². The topological polar surface area (TPSA) is 95.9 Å². The zero-order chi connectivity index (χ0) is 24.6. The molecule has 1 saturated heterocycles. The molecule has 34 heavy (non-hydrogen) atoms. The van der Waals surface area contributed by atoms with Crippen LogP contribution in [-0.4, -0.2) is 47.0 Å². The summed E-state index contributed by atoms with van der Waals surface area (Å²) in [5, 5.41) is 2.12. The van der Waals surface area contributed by atoms with Gasteiger partial charge < -0.3 is 4.90 Å². The number of alkyl halides is 3. The van der Waals surface area contributed by atoms with Crippen LogP contribution in [0.15, 0.2) is 47.5 Å². The molecular formula is C23H17F4N3O4. The maximum Gasteiger partial charge on any atom is 0.400 e. The Bertz CT molecular complexity index is 1210. The maximum absolute atomic E-state index is 15.1. The first-order valence-electron chi connectivity index (χ1n) is 10.2. The van der Waals surface area contributed by atoms with Gasteiger partial charge in [0.2, 0.25) is 11.8 Å². The van der Waals surface area contributed by atoms with Crippen LogP contribution in [0.3, 0.4) is 0 Å². The van der Waals surface area contributed by atoms with Crippen LogP contribution in [0.25, 0.3) is 0 Å². The number of carbonyl (C=O) groups excluding carboxylic acids is 4. The summed E-state index contributed by atoms with van der Waals surface area (Å²) in [7, 11) is 0. The van der Waals surface area contributed by atoms with Gasteiger partial charge in [-0.2, -0.15) is 13.2 Å². The summed E-state index contributed by atoms with van der Waals surface area (Å²) in [6, 6.07) is 8.01. The Morgan fingerprint density at radius 3 is 2.47 bits per heavy atom. The molecular weight excluding hydrogens is 458 g/mol. The smallest absolute Gasteiger partial charge is 0.322 e. The highest BCUT2D eigenvalue weighted by molar-refractivity contribution is 6.06. The van der Waals surface area contributed by atoms with Gasteiger partial charge in [-0.3, -0.25) is 24.5 Å². The van der Waals surface area contributed by atoms with E-state index in [0.717, 1.165) is 11.0 Å². The molecule has 4 amide bonds. The molecule has 1 N–H and O–H groups in total. The van der Waals surface area contributed by atoms with Crippen molar-refractivity contribution in [2.45, 2.75) is 37.5 Å². The number of amides is 4. The van der Waals surface area contributed by atoms with Crippen LogP contribution in [-0.2, 0) is 16.1 Å². The summed E-state index contributed by atoms with van der Waals surface area (Å²) in [6.45, 7) is -0.327. The molecule has 4 rings (SSSR count). The molecule has 11 heteroatoms. The number of nitrogens with one attached hydrogen (secondary N) is 1. The van der Waals surface area contributed by atoms with Crippen LogP contribution in [0.4, 0.5) is 17.6 Å². The molecule has 0 radical (unpaired) electrons. The van der Waals surface area contributed by atoms with E-state index in [1.54, 1.807) is 6.07 Å². The van der Waals surface area contributed by atoms with Crippen LogP contribution < -0.4 is 5.32 Å². The fourth-order valence-corrected chi connectivity index (χ4v) is 4.00. The quantitative estimate of drug-likeness (QED) is 0.418. The van der Waals surface area contributed by atoms with E-state index in [1.807, 2.05) is 0 Å². The van der Waals surface area contributed by atoms with Crippen molar-refractivity contribution in [2.75, 3.05) is 0 Å². The highest BCUT2D eigenvalue weighted by Gasteiger charge is 2.42. The molecule has 0 bridgehead atoms. The largest absolute Gasteiger partial charge is 0.400 e. The van der Waals surface area contributed by atoms with Crippen LogP contribution >= 0.6 is 0 Å². The summed E-state index contributed by atoms with van der Waals surface area (Å²) in [5.41, 5.74) is -0.959. The minimum absolute atomic E-state index is 0.0131. The van der Waals surface area contributed by atoms with Gasteiger partial charge in [0.15, 0.2) is 0 Å². The first-order valence-corrected chi connectivity index (χ1v) is 10.2. The molecule has 2 unspecified atom stereocenters. The predicted octanol–water partition coefficient (Wildman–Crippen LogP) is 3.14. The van der Waals surface area contributed by atoms with Crippen LogP contribution in [0.5, 0.6) is 0 Å². The third-order valence-electron chi connectivity index (χ3n) is 5.73. The van der Waals surface area contributed by atoms with Crippen LogP contribution in [0.1, 0.15) is 50.6 Å². The molecule has 2 aromatic rings. The molecule has 2 aliphatic heterocycles. The lowest BCUT2D eigenvalue weighted by Crippen LogP contribution is -2.52. The Morgan fingerprint density at radius 2 is 1.82 bits per heavy atom. The Kier molecular flexibility index (Phi) is 6.03. The minimum Gasteiger partial charge on any atom is -0.322 e. The summed E-state index contributed by atoms with van der Waals surface area (Å²) in [5.74, 6) is -6.30. The summed E-state index contributed by atoms with van der Waals surface area (Å²) < 4.78 is 55.5. The number of nitrogens with zero attached hydrogens (tertiary/aromatic N) is 2. The number of carbonyl (C=O) groups is 4. The molecule has 2 atom stereocenters. The second kappa shape index (κ2) is 8.81. The van der Waals surface area contributed by atoms with Gasteiger partial charge in [-0.05, 0) is 24.1 Å². The normalized spacial score (nSPS) is 19.4. The maximum atomic E-state index is 15.1. The molecule has 2 aliphatic rings. The standard InChI is InChI=1S/C23H17F4N3O4/c24-19-14(20(32)28-10-16(23(25,26)27)12-4-2-1-3-5-12)7-6-13-15(19)11-30(22(13)34)17-8-9-18(31)29-21(17)33/h1-7,10,16-17H,8-9,11H2,(H,29,31,33). The number of aliphatic imine (C=N–C) groups is 1. The van der Waals surface area contributed by atoms with E-state index in [-0.39, 0.29) is 36.1 Å². The van der Waals surface area contributed by atoms with Gasteiger partial charge in [-0.15, -0.1) is 0 Å². The van der Waals surface area contributed by atoms with E-state index >= 15 is 4.39 Å². The molecule has 176 valence electrons. The number of rotatable bonds is 4. The molecule has 0 saturated carbocycles. The Morgan fingerprint density at radius 1 is 1.12 bits per heavy atom. The van der Waals surface area contributed by atoms with Gasteiger partial charge in [0.25, 0.3) is 11.8 Å². The van der Waals surface area contributed by atoms with Crippen molar-refractivity contribution in [3.05, 3.63) is 70.5 Å². The lowest BCUT2D eigenvalue weighted by molar-refractivity contribution is -0.137. The average molecular weight is 475 g/mol. The van der Waals surface area contributed by atoms with E-state index in [2.05, 4.69) is 10.3 Å². The lowest BCUT2D eigenvalue weighted by atomic mass is 10.00. The molecule has 0 aromatic heterocycles. The van der Waals surface area contributed by atoms with Gasteiger partial charge in [-0.1, -0.05) is 30.3 Å². The lowest BCUT2D eigenvalue weighted by Gasteiger charge is -2.29. The molecule has 2 aromatic carbocycles. The molecule has 1 fully saturated rings. The van der Waals surface area contributed by atoms with E-state index in [0.29, 0.717) is 6.21 Å². The van der Waals surface area contributed by atoms with E-state index in [9.17, 15) is 32.3 Å². The second-order valence-corrected chi connectivity index (χ2v) is 7.87. The Balaban J connectivity index is 1.58. The fraction of sp³-hybridized carbons (Fsp3) is 0.261. The minimum atomic E-state index is -4.73. The molecule has 0 spiro atoms. The second-order valence-electron chi connectivity index (χ2n) is 7.87. The fourth-order valence-electron chi connectivity index (χ4n) is 4.00. The summed E-state index contributed by atoms with van der Waals surface area (Å²) in [6.07, 6.45) is -4.22. The number of hydrogen-bond donors (Lipinski definition) is 1. The van der Waals surface area contributed by atoms with Gasteiger partial charge >= 0.3 is 6.18 Å². The zero-order valence-electron chi connectivity index (χ0n) is 17.4. The number of imide groups is 1. The Labute approximate surface area is 190 Å². The molecule has 2 heterocycles. The average Bonchev–Trinajstić information content (AvgIpc) is 3.11. The van der Waals surface area contributed by atoms with Gasteiger partial charge in [0.05, 0.1) is 12.1 Å². The predicted molar refractivity (Wildman–Crippen MR) is 111 cm³/mol. The number of benzene rings is 2. The van der Waals surface area contributed by atoms with Crippen LogP contribution in [0.2, 0.25) is 0 Å². The summed E-state index contributed by atoms with van der Waals surface area (Å²) in [4.78, 5) is 53.1. The van der Waals surface area contributed by atoms with Crippen molar-refractivity contribution in [3.63, 3.8) is 0 Å². The van der Waals surface area contributed by atoms with E-state index in [4.69, 9.17) is 0 Å². The molecule has 7 nitrogen and oxygen atoms in total. The SMILES string of the molecule is O=C1CCC(N2Cc3c(ccc(C(=O)N=CC(c4ccccc4)C(F)(F)F)c3F)C2=O)C(=O)N1. The van der Waals surface area contributed by atoms with Crippen molar-refractivity contribution in [3.8, 4) is 0 Å². The van der Waals surface area contributed by atoms with Gasteiger partial charge in [0.1, 0.15) is 17.8 Å². The van der Waals surface area contributed by atoms with Crippen molar-refractivity contribution in [1.29, 1.82) is 0 Å². The van der Waals surface area contributed by atoms with Crippen molar-refractivity contribution in [2.24, 2.45) is 4.99 Å². The zero-order valence-corrected chi connectivity index (χ0v) is 17.4. The number of halogens is 4. The van der Waals surface area contributed by atoms with Gasteiger partial charge in [-0.25, -0.2) is 9.38 Å². The first-order chi connectivity index (χ1) is 16.1. The number of hydrogen-bond acceptors (Lipinski definition) is 4. The number of fused-ring (bicyclic) bond motifs is 1. The van der Waals surface area contributed by atoms with Crippen LogP contribution in [0, 0.1) is 5.82 Å². The third kappa shape index (κ3) is 4.33. The van der Waals surface area contributed by atoms with E-state index < -0.39 is 53.1 Å². The van der Waals surface area contributed by atoms with Crippen molar-refractivity contribution < 1.29 is 36.7 Å². The summed E-state index contributed by atoms with van der Waals surface area (Å²) >= 11 is 0. The molecule has 0 aliphatic carbocycles. The van der Waals surface area contributed by atoms with Gasteiger partial charge in [0, 0.05) is 23.8 Å². The van der Waals surface area contributed by atoms with E-state index in [1.165, 1.54) is 30.3 Å². The first kappa shape index (κ1) is 23.3. The van der Waals surface area contributed by atoms with Crippen molar-refractivity contribution in [1.82, 2.24) is 10.2 Å². The third-order valence-corrected chi connectivity index (χ3v) is 5.73. The monoisotopic (exact) mass is 475 g/mol.